The van der Waals surface area contributed by atoms with Gasteiger partial charge in [-0.05, 0) is 48.9 Å². The Morgan fingerprint density at radius 2 is 2.12 bits per heavy atom. The lowest BCUT2D eigenvalue weighted by atomic mass is 10.1. The minimum absolute atomic E-state index is 0.117. The van der Waals surface area contributed by atoms with Gasteiger partial charge in [0, 0.05) is 35.6 Å². The Morgan fingerprint density at radius 1 is 1.21 bits per heavy atom. The van der Waals surface area contributed by atoms with Crippen LogP contribution in [0.2, 0.25) is 0 Å². The summed E-state index contributed by atoms with van der Waals surface area (Å²) in [5.41, 5.74) is 0.719. The summed E-state index contributed by atoms with van der Waals surface area (Å²) in [6.45, 7) is 2.20. The predicted octanol–water partition coefficient (Wildman–Crippen LogP) is 3.29. The summed E-state index contributed by atoms with van der Waals surface area (Å²) in [6.07, 6.45) is 3.48. The van der Waals surface area contributed by atoms with Crippen LogP contribution in [0.5, 0.6) is 5.75 Å². The molecule has 0 aliphatic carbocycles. The Hall–Kier alpha value is -1.85. The zero-order valence-electron chi connectivity index (χ0n) is 13.6. The summed E-state index contributed by atoms with van der Waals surface area (Å²) in [6, 6.07) is 12.7. The SMILES string of the molecule is O=C(c1cccc(OCc2cccs2)c1)N1CCC2CCC(C1)N2. The van der Waals surface area contributed by atoms with Crippen LogP contribution in [0.3, 0.4) is 0 Å². The van der Waals surface area contributed by atoms with Crippen molar-refractivity contribution in [3.8, 4) is 5.75 Å². The van der Waals surface area contributed by atoms with E-state index >= 15 is 0 Å². The van der Waals surface area contributed by atoms with E-state index in [1.54, 1.807) is 11.3 Å². The number of nitrogens with zero attached hydrogens (tertiary/aromatic N) is 1. The highest BCUT2D eigenvalue weighted by molar-refractivity contribution is 7.09. The number of hydrogen-bond acceptors (Lipinski definition) is 4. The number of ether oxygens (including phenoxy) is 1. The van der Waals surface area contributed by atoms with Gasteiger partial charge in [0.05, 0.1) is 0 Å². The van der Waals surface area contributed by atoms with E-state index in [1.807, 2.05) is 40.6 Å². The van der Waals surface area contributed by atoms with E-state index < -0.39 is 0 Å². The number of fused-ring (bicyclic) bond motifs is 2. The van der Waals surface area contributed by atoms with Gasteiger partial charge in [-0.1, -0.05) is 12.1 Å². The largest absolute Gasteiger partial charge is 0.488 e. The van der Waals surface area contributed by atoms with Crippen LogP contribution in [0.4, 0.5) is 0 Å². The highest BCUT2D eigenvalue weighted by Crippen LogP contribution is 2.23. The van der Waals surface area contributed by atoms with Gasteiger partial charge in [-0.3, -0.25) is 4.79 Å². The summed E-state index contributed by atoms with van der Waals surface area (Å²) in [7, 11) is 0. The average molecular weight is 342 g/mol. The third kappa shape index (κ3) is 3.47. The molecule has 0 radical (unpaired) electrons. The van der Waals surface area contributed by atoms with Crippen LogP contribution >= 0.6 is 11.3 Å². The summed E-state index contributed by atoms with van der Waals surface area (Å²) in [5.74, 6) is 0.870. The van der Waals surface area contributed by atoms with Crippen molar-refractivity contribution in [2.75, 3.05) is 13.1 Å². The molecular formula is C19H22N2O2S. The van der Waals surface area contributed by atoms with E-state index in [-0.39, 0.29) is 5.91 Å². The maximum atomic E-state index is 12.9. The van der Waals surface area contributed by atoms with Crippen LogP contribution in [0, 0.1) is 0 Å². The molecule has 2 atom stereocenters. The third-order valence-electron chi connectivity index (χ3n) is 4.85. The average Bonchev–Trinajstić information content (AvgIpc) is 3.22. The maximum Gasteiger partial charge on any atom is 0.254 e. The molecule has 5 heteroatoms. The molecule has 1 aromatic carbocycles. The second-order valence-corrected chi connectivity index (χ2v) is 7.61. The molecule has 24 heavy (non-hydrogen) atoms. The Labute approximate surface area is 146 Å². The van der Waals surface area contributed by atoms with Crippen LogP contribution in [0.1, 0.15) is 34.5 Å². The Balaban J connectivity index is 1.43. The Bertz CT molecular complexity index is 701. The topological polar surface area (TPSA) is 41.6 Å². The molecule has 2 aliphatic heterocycles. The molecule has 126 valence electrons. The number of likely N-dealkylation sites (tertiary alicyclic amines) is 1. The van der Waals surface area contributed by atoms with Crippen molar-refractivity contribution < 1.29 is 9.53 Å². The first-order chi connectivity index (χ1) is 11.8. The van der Waals surface area contributed by atoms with Crippen molar-refractivity contribution in [2.45, 2.75) is 38.0 Å². The molecule has 2 fully saturated rings. The number of amides is 1. The van der Waals surface area contributed by atoms with Crippen molar-refractivity contribution in [2.24, 2.45) is 0 Å². The molecule has 2 aliphatic rings. The molecule has 3 heterocycles. The number of rotatable bonds is 4. The molecule has 4 nitrogen and oxygen atoms in total. The van der Waals surface area contributed by atoms with Crippen molar-refractivity contribution in [1.29, 1.82) is 0 Å². The van der Waals surface area contributed by atoms with E-state index in [0.29, 0.717) is 18.7 Å². The third-order valence-corrected chi connectivity index (χ3v) is 5.70. The van der Waals surface area contributed by atoms with Crippen LogP contribution in [0.15, 0.2) is 41.8 Å². The second-order valence-electron chi connectivity index (χ2n) is 6.57. The molecule has 1 aromatic heterocycles. The number of thiophene rings is 1. The lowest BCUT2D eigenvalue weighted by molar-refractivity contribution is 0.0747. The van der Waals surface area contributed by atoms with Gasteiger partial charge in [0.2, 0.25) is 0 Å². The zero-order chi connectivity index (χ0) is 16.4. The molecule has 4 rings (SSSR count). The summed E-state index contributed by atoms with van der Waals surface area (Å²) >= 11 is 1.68. The normalized spacial score (nSPS) is 23.1. The van der Waals surface area contributed by atoms with Gasteiger partial charge in [-0.2, -0.15) is 0 Å². The van der Waals surface area contributed by atoms with Crippen molar-refractivity contribution >= 4 is 17.2 Å². The maximum absolute atomic E-state index is 12.9. The molecule has 1 N–H and O–H groups in total. The van der Waals surface area contributed by atoms with E-state index in [2.05, 4.69) is 11.4 Å². The number of hydrogen-bond donors (Lipinski definition) is 1. The van der Waals surface area contributed by atoms with Gasteiger partial charge in [-0.15, -0.1) is 11.3 Å². The van der Waals surface area contributed by atoms with Gasteiger partial charge in [0.15, 0.2) is 0 Å². The predicted molar refractivity (Wildman–Crippen MR) is 95.6 cm³/mol. The molecule has 0 saturated carbocycles. The number of carbonyl (C=O) groups is 1. The van der Waals surface area contributed by atoms with Crippen LogP contribution in [-0.2, 0) is 6.61 Å². The number of benzene rings is 1. The summed E-state index contributed by atoms with van der Waals surface area (Å²) in [4.78, 5) is 16.0. The quantitative estimate of drug-likeness (QED) is 0.927. The molecular weight excluding hydrogens is 320 g/mol. The Kier molecular flexibility index (Phi) is 4.54. The number of nitrogens with one attached hydrogen (secondary N) is 1. The van der Waals surface area contributed by atoms with Crippen molar-refractivity contribution in [1.82, 2.24) is 10.2 Å². The number of carbonyl (C=O) groups excluding carboxylic acids is 1. The minimum Gasteiger partial charge on any atom is -0.488 e. The van der Waals surface area contributed by atoms with Crippen LogP contribution in [-0.4, -0.2) is 36.0 Å². The second kappa shape index (κ2) is 6.95. The van der Waals surface area contributed by atoms with Gasteiger partial charge in [0.25, 0.3) is 5.91 Å². The summed E-state index contributed by atoms with van der Waals surface area (Å²) < 4.78 is 5.83. The van der Waals surface area contributed by atoms with Gasteiger partial charge in [0.1, 0.15) is 12.4 Å². The lowest BCUT2D eigenvalue weighted by Gasteiger charge is -2.24. The van der Waals surface area contributed by atoms with E-state index in [0.717, 1.165) is 30.8 Å². The van der Waals surface area contributed by atoms with Crippen LogP contribution in [0.25, 0.3) is 0 Å². The van der Waals surface area contributed by atoms with E-state index in [4.69, 9.17) is 4.74 Å². The van der Waals surface area contributed by atoms with Crippen molar-refractivity contribution in [3.05, 3.63) is 52.2 Å². The van der Waals surface area contributed by atoms with Gasteiger partial charge >= 0.3 is 0 Å². The zero-order valence-corrected chi connectivity index (χ0v) is 14.4. The standard InChI is InChI=1S/C19H22N2O2S/c22-19(21-9-8-15-6-7-16(12-21)20-15)14-3-1-4-17(11-14)23-13-18-5-2-10-24-18/h1-5,10-11,15-16,20H,6-9,12-13H2. The monoisotopic (exact) mass is 342 g/mol. The minimum atomic E-state index is 0.117. The fraction of sp³-hybridized carbons (Fsp3) is 0.421. The van der Waals surface area contributed by atoms with Gasteiger partial charge in [-0.25, -0.2) is 0 Å². The van der Waals surface area contributed by atoms with Gasteiger partial charge < -0.3 is 15.0 Å². The highest BCUT2D eigenvalue weighted by atomic mass is 32.1. The fourth-order valence-corrected chi connectivity index (χ4v) is 4.19. The molecule has 2 unspecified atom stereocenters. The fourth-order valence-electron chi connectivity index (χ4n) is 3.58. The van der Waals surface area contributed by atoms with Crippen LogP contribution < -0.4 is 10.1 Å². The molecule has 2 bridgehead atoms. The lowest BCUT2D eigenvalue weighted by Crippen LogP contribution is -2.39. The Morgan fingerprint density at radius 3 is 3.00 bits per heavy atom. The molecule has 2 aromatic rings. The molecule has 0 spiro atoms. The molecule has 1 amide bonds. The van der Waals surface area contributed by atoms with Crippen molar-refractivity contribution in [3.63, 3.8) is 0 Å². The van der Waals surface area contributed by atoms with E-state index in [9.17, 15) is 4.79 Å². The van der Waals surface area contributed by atoms with E-state index in [1.165, 1.54) is 17.7 Å². The summed E-state index contributed by atoms with van der Waals surface area (Å²) in [5, 5.41) is 5.66. The smallest absolute Gasteiger partial charge is 0.254 e. The molecule has 2 saturated heterocycles. The first-order valence-electron chi connectivity index (χ1n) is 8.58. The highest BCUT2D eigenvalue weighted by Gasteiger charge is 2.31. The first-order valence-corrected chi connectivity index (χ1v) is 9.46. The first kappa shape index (κ1) is 15.7.